The summed E-state index contributed by atoms with van der Waals surface area (Å²) in [7, 11) is 6.11. The molecule has 0 atom stereocenters. The summed E-state index contributed by atoms with van der Waals surface area (Å²) < 4.78 is 28.4. The molecule has 0 aliphatic heterocycles. The minimum atomic E-state index is -0.684. The molecule has 0 fully saturated rings. The van der Waals surface area contributed by atoms with Gasteiger partial charge in [-0.05, 0) is 42.3 Å². The summed E-state index contributed by atoms with van der Waals surface area (Å²) in [4.78, 5) is 21.7. The summed E-state index contributed by atoms with van der Waals surface area (Å²) >= 11 is 6.16. The zero-order valence-corrected chi connectivity index (χ0v) is 24.1. The number of carbonyl (C=O) groups excluding carboxylic acids is 1. The van der Waals surface area contributed by atoms with Gasteiger partial charge in [0, 0.05) is 35.8 Å². The Morgan fingerprint density at radius 1 is 1.22 bits per heavy atom. The first-order valence-electron chi connectivity index (χ1n) is 13.0. The molecule has 4 rings (SSSR count). The standard InChI is InChI=1S/C29H31ClFN7O3/c1-5-19-16-20(6-7-21(19)29(39)34-12-15-40-18-38(2,3)4)36-27-28-35-17-23(37(28)13-11-33-27)22-8-9-24(41-14-10-32)25(30)26(22)31/h6-9,11,13,16-17H,5,12,14-15,18H2,1-4H3,(H-,33,34,36,39)/p+1. The highest BCUT2D eigenvalue weighted by atomic mass is 35.5. The fourth-order valence-corrected chi connectivity index (χ4v) is 4.37. The highest BCUT2D eigenvalue weighted by Gasteiger charge is 2.19. The molecule has 0 saturated heterocycles. The third-order valence-corrected chi connectivity index (χ3v) is 6.40. The molecule has 0 aliphatic rings. The lowest BCUT2D eigenvalue weighted by molar-refractivity contribution is -0.890. The van der Waals surface area contributed by atoms with E-state index in [2.05, 4.69) is 20.6 Å². The van der Waals surface area contributed by atoms with E-state index in [0.29, 0.717) is 53.5 Å². The van der Waals surface area contributed by atoms with Crippen molar-refractivity contribution in [3.05, 3.63) is 70.9 Å². The highest BCUT2D eigenvalue weighted by molar-refractivity contribution is 6.32. The number of hydrogen-bond acceptors (Lipinski definition) is 7. The van der Waals surface area contributed by atoms with Crippen molar-refractivity contribution >= 4 is 34.7 Å². The highest BCUT2D eigenvalue weighted by Crippen LogP contribution is 2.35. The summed E-state index contributed by atoms with van der Waals surface area (Å²) in [6.45, 7) is 3.14. The maximum Gasteiger partial charge on any atom is 0.251 e. The topological polar surface area (TPSA) is 114 Å². The first-order chi connectivity index (χ1) is 19.6. The molecule has 41 heavy (non-hydrogen) atoms. The van der Waals surface area contributed by atoms with Crippen molar-refractivity contribution in [1.82, 2.24) is 19.7 Å². The number of ether oxygens (including phenoxy) is 2. The lowest BCUT2D eigenvalue weighted by Crippen LogP contribution is -2.38. The van der Waals surface area contributed by atoms with Crippen LogP contribution in [-0.2, 0) is 11.2 Å². The van der Waals surface area contributed by atoms with E-state index in [0.717, 1.165) is 11.3 Å². The Hall–Kier alpha value is -4.24. The maximum absolute atomic E-state index is 15.2. The van der Waals surface area contributed by atoms with Gasteiger partial charge in [-0.3, -0.25) is 9.20 Å². The van der Waals surface area contributed by atoms with Crippen LogP contribution in [-0.4, -0.2) is 72.4 Å². The fourth-order valence-electron chi connectivity index (χ4n) is 4.15. The number of nitrogens with zero attached hydrogens (tertiary/aromatic N) is 5. The van der Waals surface area contributed by atoms with Gasteiger partial charge in [-0.25, -0.2) is 14.4 Å². The van der Waals surface area contributed by atoms with Gasteiger partial charge in [0.1, 0.15) is 16.8 Å². The molecule has 2 aromatic heterocycles. The molecule has 0 aliphatic carbocycles. The molecule has 0 radical (unpaired) electrons. The number of amides is 1. The number of rotatable bonds is 12. The Balaban J connectivity index is 1.52. The van der Waals surface area contributed by atoms with Gasteiger partial charge >= 0.3 is 0 Å². The normalized spacial score (nSPS) is 11.3. The van der Waals surface area contributed by atoms with E-state index in [-0.39, 0.29) is 28.8 Å². The second-order valence-electron chi connectivity index (χ2n) is 10.2. The van der Waals surface area contributed by atoms with Gasteiger partial charge in [0.05, 0.1) is 39.6 Å². The van der Waals surface area contributed by atoms with Crippen molar-refractivity contribution in [3.63, 3.8) is 0 Å². The van der Waals surface area contributed by atoms with Crippen molar-refractivity contribution in [2.75, 3.05) is 52.9 Å². The van der Waals surface area contributed by atoms with E-state index in [4.69, 9.17) is 26.3 Å². The number of carbonyl (C=O) groups is 1. The molecule has 12 heteroatoms. The van der Waals surface area contributed by atoms with Crippen molar-refractivity contribution < 1.29 is 23.1 Å². The summed E-state index contributed by atoms with van der Waals surface area (Å²) in [6, 6.07) is 10.3. The number of aromatic nitrogens is 3. The SMILES string of the molecule is CCc1cc(Nc2nccn3c(-c4ccc(OCC#N)c(Cl)c4F)cnc23)ccc1C(=O)NCCOC[N+](C)(C)C. The van der Waals surface area contributed by atoms with Crippen molar-refractivity contribution in [3.8, 4) is 23.1 Å². The molecule has 2 aromatic carbocycles. The number of hydrogen-bond donors (Lipinski definition) is 2. The minimum Gasteiger partial charge on any atom is -0.477 e. The van der Waals surface area contributed by atoms with Crippen LogP contribution in [0.4, 0.5) is 15.9 Å². The van der Waals surface area contributed by atoms with Crippen LogP contribution < -0.4 is 15.4 Å². The van der Waals surface area contributed by atoms with Gasteiger partial charge in [0.2, 0.25) is 0 Å². The molecule has 0 bridgehead atoms. The average molecular weight is 581 g/mol. The van der Waals surface area contributed by atoms with E-state index >= 15 is 4.39 Å². The number of aryl methyl sites for hydroxylation is 1. The first kappa shape index (κ1) is 29.7. The Bertz CT molecular complexity index is 1590. The van der Waals surface area contributed by atoms with Crippen molar-refractivity contribution in [2.45, 2.75) is 13.3 Å². The summed E-state index contributed by atoms with van der Waals surface area (Å²) in [5.74, 6) is -0.307. The van der Waals surface area contributed by atoms with E-state index in [1.54, 1.807) is 28.9 Å². The molecule has 0 unspecified atom stereocenters. The molecular formula is C29H32ClFN7O3+. The molecule has 1 amide bonds. The molecule has 214 valence electrons. The van der Waals surface area contributed by atoms with Crippen LogP contribution in [0.25, 0.3) is 16.9 Å². The molecule has 4 aromatic rings. The van der Waals surface area contributed by atoms with Crippen molar-refractivity contribution in [1.29, 1.82) is 5.26 Å². The number of anilines is 2. The molecule has 0 spiro atoms. The molecule has 2 heterocycles. The predicted molar refractivity (Wildman–Crippen MR) is 155 cm³/mol. The molecular weight excluding hydrogens is 549 g/mol. The second kappa shape index (κ2) is 13.0. The third kappa shape index (κ3) is 7.10. The Morgan fingerprint density at radius 2 is 2.02 bits per heavy atom. The zero-order valence-electron chi connectivity index (χ0n) is 23.4. The Labute approximate surface area is 242 Å². The second-order valence-corrected chi connectivity index (χ2v) is 10.6. The third-order valence-electron chi connectivity index (χ3n) is 6.05. The number of imidazole rings is 1. The number of quaternary nitrogens is 1. The number of nitriles is 1. The van der Waals surface area contributed by atoms with E-state index in [9.17, 15) is 4.79 Å². The monoisotopic (exact) mass is 580 g/mol. The lowest BCUT2D eigenvalue weighted by atomic mass is 10.0. The number of fused-ring (bicyclic) bond motifs is 1. The summed E-state index contributed by atoms with van der Waals surface area (Å²) in [6.07, 6.45) is 5.43. The van der Waals surface area contributed by atoms with Crippen LogP contribution in [0.15, 0.2) is 48.9 Å². The van der Waals surface area contributed by atoms with Gasteiger partial charge in [0.25, 0.3) is 5.91 Å². The predicted octanol–water partition coefficient (Wildman–Crippen LogP) is 4.81. The van der Waals surface area contributed by atoms with E-state index in [1.807, 2.05) is 40.2 Å². The van der Waals surface area contributed by atoms with Crippen LogP contribution in [0.2, 0.25) is 5.02 Å². The lowest BCUT2D eigenvalue weighted by Gasteiger charge is -2.23. The van der Waals surface area contributed by atoms with Crippen LogP contribution in [0.1, 0.15) is 22.8 Å². The Kier molecular flexibility index (Phi) is 9.39. The molecule has 10 nitrogen and oxygen atoms in total. The summed E-state index contributed by atoms with van der Waals surface area (Å²) in [5.41, 5.74) is 3.33. The van der Waals surface area contributed by atoms with Crippen LogP contribution in [0.3, 0.4) is 0 Å². The van der Waals surface area contributed by atoms with Crippen LogP contribution in [0, 0.1) is 17.1 Å². The first-order valence-corrected chi connectivity index (χ1v) is 13.4. The minimum absolute atomic E-state index is 0.0874. The van der Waals surface area contributed by atoms with Crippen molar-refractivity contribution in [2.24, 2.45) is 0 Å². The van der Waals surface area contributed by atoms with Gasteiger partial charge in [-0.15, -0.1) is 0 Å². The number of nitrogens with one attached hydrogen (secondary N) is 2. The maximum atomic E-state index is 15.2. The molecule has 2 N–H and O–H groups in total. The van der Waals surface area contributed by atoms with Gasteiger partial charge in [-0.1, -0.05) is 18.5 Å². The summed E-state index contributed by atoms with van der Waals surface area (Å²) in [5, 5.41) is 14.7. The van der Waals surface area contributed by atoms with Gasteiger partial charge in [0.15, 0.2) is 30.6 Å². The molecule has 0 saturated carbocycles. The number of halogens is 2. The largest absolute Gasteiger partial charge is 0.477 e. The smallest absolute Gasteiger partial charge is 0.251 e. The zero-order chi connectivity index (χ0) is 29.6. The average Bonchev–Trinajstić information content (AvgIpc) is 3.38. The Morgan fingerprint density at radius 3 is 2.76 bits per heavy atom. The van der Waals surface area contributed by atoms with Crippen LogP contribution >= 0.6 is 11.6 Å². The number of benzene rings is 2. The van der Waals surface area contributed by atoms with Gasteiger partial charge in [-0.2, -0.15) is 5.26 Å². The van der Waals surface area contributed by atoms with E-state index in [1.165, 1.54) is 18.3 Å². The van der Waals surface area contributed by atoms with Crippen LogP contribution in [0.5, 0.6) is 5.75 Å². The van der Waals surface area contributed by atoms with Gasteiger partial charge < -0.3 is 24.6 Å². The van der Waals surface area contributed by atoms with E-state index < -0.39 is 5.82 Å². The quantitative estimate of drug-likeness (QED) is 0.140. The fraction of sp³-hybridized carbons (Fsp3) is 0.310.